The molecule has 0 spiro atoms. The van der Waals surface area contributed by atoms with Crippen molar-refractivity contribution in [2.24, 2.45) is 12.8 Å². The van der Waals surface area contributed by atoms with E-state index in [9.17, 15) is 9.59 Å². The van der Waals surface area contributed by atoms with Crippen LogP contribution in [0, 0.1) is 6.92 Å². The number of imide groups is 1. The summed E-state index contributed by atoms with van der Waals surface area (Å²) < 4.78 is 1.68. The summed E-state index contributed by atoms with van der Waals surface area (Å²) in [6.45, 7) is 3.51. The van der Waals surface area contributed by atoms with E-state index in [1.807, 2.05) is 12.2 Å². The van der Waals surface area contributed by atoms with Gasteiger partial charge in [0.2, 0.25) is 5.91 Å². The van der Waals surface area contributed by atoms with Crippen LogP contribution < -0.4 is 16.4 Å². The smallest absolute Gasteiger partial charge is 0.318 e. The lowest BCUT2D eigenvalue weighted by atomic mass is 10.3. The second-order valence-electron chi connectivity index (χ2n) is 3.51. The average Bonchev–Trinajstić information content (AvgIpc) is 2.44. The van der Waals surface area contributed by atoms with Gasteiger partial charge in [-0.05, 0) is 13.8 Å². The topological polar surface area (TPSA) is 102 Å². The fraction of sp³-hybridized carbons (Fsp3) is 0.444. The van der Waals surface area contributed by atoms with Crippen molar-refractivity contribution in [1.82, 2.24) is 15.1 Å². The molecule has 0 radical (unpaired) electrons. The molecule has 1 aromatic rings. The summed E-state index contributed by atoms with van der Waals surface area (Å²) in [5.41, 5.74) is 5.80. The van der Waals surface area contributed by atoms with Crippen molar-refractivity contribution in [2.75, 3.05) is 5.32 Å². The quantitative estimate of drug-likeness (QED) is 0.658. The van der Waals surface area contributed by atoms with Crippen molar-refractivity contribution < 1.29 is 9.59 Å². The number of aromatic nitrogens is 2. The molecule has 7 nitrogen and oxygen atoms in total. The lowest BCUT2D eigenvalue weighted by Gasteiger charge is -2.11. The molecule has 1 atom stereocenters. The zero-order chi connectivity index (χ0) is 12.3. The van der Waals surface area contributed by atoms with Gasteiger partial charge in [-0.25, -0.2) is 4.79 Å². The largest absolute Gasteiger partial charge is 0.357 e. The predicted octanol–water partition coefficient (Wildman–Crippen LogP) is -0.276. The summed E-state index contributed by atoms with van der Waals surface area (Å²) in [4.78, 5) is 21.8. The third kappa shape index (κ3) is 2.97. The number of nitrogens with zero attached hydrogens (tertiary/aromatic N) is 2. The molecule has 1 rings (SSSR count). The molecule has 0 saturated carbocycles. The third-order valence-corrected chi connectivity index (χ3v) is 2.12. The van der Waals surface area contributed by atoms with E-state index in [-0.39, 0.29) is 0 Å². The number of amides is 3. The van der Waals surface area contributed by atoms with Crippen LogP contribution >= 0.6 is 0 Å². The average molecular weight is 225 g/mol. The first-order chi connectivity index (χ1) is 7.40. The second kappa shape index (κ2) is 4.65. The molecule has 1 heterocycles. The number of rotatable bonds is 3. The summed E-state index contributed by atoms with van der Waals surface area (Å²) in [6, 6.07) is 0.353. The molecule has 7 heteroatoms. The van der Waals surface area contributed by atoms with E-state index in [0.29, 0.717) is 5.82 Å². The molecule has 0 saturated heterocycles. The minimum Gasteiger partial charge on any atom is -0.357 e. The van der Waals surface area contributed by atoms with E-state index in [1.54, 1.807) is 24.7 Å². The Kier molecular flexibility index (Phi) is 3.49. The highest BCUT2D eigenvalue weighted by atomic mass is 16.2. The van der Waals surface area contributed by atoms with Crippen LogP contribution in [0.15, 0.2) is 6.07 Å². The highest BCUT2D eigenvalue weighted by Gasteiger charge is 2.15. The highest BCUT2D eigenvalue weighted by Crippen LogP contribution is 2.07. The lowest BCUT2D eigenvalue weighted by Crippen LogP contribution is -2.43. The number of hydrogen-bond acceptors (Lipinski definition) is 4. The standard InChI is InChI=1S/C9H15N5O2/c1-5-4-7(13-14(5)3)11-6(2)8(15)12-9(10)16/h4,6H,1-3H3,(H,11,13)(H3,10,12,15,16). The van der Waals surface area contributed by atoms with Crippen molar-refractivity contribution in [3.8, 4) is 0 Å². The van der Waals surface area contributed by atoms with Crippen molar-refractivity contribution in [2.45, 2.75) is 19.9 Å². The van der Waals surface area contributed by atoms with Crippen LogP contribution in [0.2, 0.25) is 0 Å². The van der Waals surface area contributed by atoms with E-state index in [2.05, 4.69) is 10.4 Å². The van der Waals surface area contributed by atoms with E-state index in [4.69, 9.17) is 5.73 Å². The Hall–Kier alpha value is -2.05. The molecule has 88 valence electrons. The number of nitrogens with two attached hydrogens (primary N) is 1. The maximum atomic E-state index is 11.3. The Morgan fingerprint density at radius 2 is 2.19 bits per heavy atom. The van der Waals surface area contributed by atoms with Crippen LogP contribution in [0.4, 0.5) is 10.6 Å². The van der Waals surface area contributed by atoms with Crippen molar-refractivity contribution in [1.29, 1.82) is 0 Å². The van der Waals surface area contributed by atoms with Crippen LogP contribution in [0.25, 0.3) is 0 Å². The van der Waals surface area contributed by atoms with Gasteiger partial charge in [-0.2, -0.15) is 5.10 Å². The summed E-state index contributed by atoms with van der Waals surface area (Å²) in [5, 5.41) is 8.97. The lowest BCUT2D eigenvalue weighted by molar-refractivity contribution is -0.120. The van der Waals surface area contributed by atoms with Gasteiger partial charge in [0.05, 0.1) is 0 Å². The zero-order valence-corrected chi connectivity index (χ0v) is 9.44. The van der Waals surface area contributed by atoms with Gasteiger partial charge >= 0.3 is 6.03 Å². The molecule has 0 bridgehead atoms. The van der Waals surface area contributed by atoms with E-state index in [0.717, 1.165) is 5.69 Å². The van der Waals surface area contributed by atoms with Gasteiger partial charge in [-0.3, -0.25) is 14.8 Å². The Morgan fingerprint density at radius 3 is 2.62 bits per heavy atom. The zero-order valence-electron chi connectivity index (χ0n) is 9.44. The first kappa shape index (κ1) is 12.0. The van der Waals surface area contributed by atoms with Crippen LogP contribution in [0.5, 0.6) is 0 Å². The first-order valence-electron chi connectivity index (χ1n) is 4.77. The van der Waals surface area contributed by atoms with Gasteiger partial charge < -0.3 is 11.1 Å². The van der Waals surface area contributed by atoms with E-state index < -0.39 is 18.0 Å². The second-order valence-corrected chi connectivity index (χ2v) is 3.51. The summed E-state index contributed by atoms with van der Waals surface area (Å²) in [7, 11) is 1.80. The van der Waals surface area contributed by atoms with Crippen LogP contribution in [0.1, 0.15) is 12.6 Å². The van der Waals surface area contributed by atoms with E-state index in [1.165, 1.54) is 0 Å². The Morgan fingerprint density at radius 1 is 1.56 bits per heavy atom. The molecule has 4 N–H and O–H groups in total. The number of urea groups is 1. The molecular formula is C9H15N5O2. The highest BCUT2D eigenvalue weighted by molar-refractivity contribution is 5.97. The van der Waals surface area contributed by atoms with Gasteiger partial charge in [0.25, 0.3) is 0 Å². The molecule has 1 unspecified atom stereocenters. The number of nitrogens with one attached hydrogen (secondary N) is 2. The van der Waals surface area contributed by atoms with Gasteiger partial charge in [-0.15, -0.1) is 0 Å². The van der Waals surface area contributed by atoms with Crippen molar-refractivity contribution in [3.05, 3.63) is 11.8 Å². The minimum absolute atomic E-state index is 0.490. The Labute approximate surface area is 93.0 Å². The Bertz CT molecular complexity index is 393. The normalized spacial score (nSPS) is 11.9. The monoisotopic (exact) mass is 225 g/mol. The molecule has 3 amide bonds. The molecule has 0 fully saturated rings. The van der Waals surface area contributed by atoms with Crippen LogP contribution in [0.3, 0.4) is 0 Å². The van der Waals surface area contributed by atoms with Crippen LogP contribution in [-0.4, -0.2) is 27.8 Å². The third-order valence-electron chi connectivity index (χ3n) is 2.12. The van der Waals surface area contributed by atoms with Gasteiger partial charge in [0.15, 0.2) is 0 Å². The molecular weight excluding hydrogens is 210 g/mol. The molecule has 1 aromatic heterocycles. The molecule has 0 aliphatic heterocycles. The molecule has 0 aliphatic rings. The van der Waals surface area contributed by atoms with E-state index >= 15 is 0 Å². The Balaban J connectivity index is 2.60. The summed E-state index contributed by atoms with van der Waals surface area (Å²) in [6.07, 6.45) is 0. The van der Waals surface area contributed by atoms with Gasteiger partial charge in [0.1, 0.15) is 11.9 Å². The molecule has 16 heavy (non-hydrogen) atoms. The molecule has 0 aromatic carbocycles. The van der Waals surface area contributed by atoms with Crippen molar-refractivity contribution >= 4 is 17.8 Å². The van der Waals surface area contributed by atoms with Gasteiger partial charge in [0, 0.05) is 18.8 Å². The van der Waals surface area contributed by atoms with Crippen LogP contribution in [-0.2, 0) is 11.8 Å². The number of aryl methyl sites for hydroxylation is 2. The maximum absolute atomic E-state index is 11.3. The fourth-order valence-electron chi connectivity index (χ4n) is 1.15. The number of hydrogen-bond donors (Lipinski definition) is 3. The van der Waals surface area contributed by atoms with Gasteiger partial charge in [-0.1, -0.05) is 0 Å². The number of carbonyl (C=O) groups is 2. The first-order valence-corrected chi connectivity index (χ1v) is 4.77. The van der Waals surface area contributed by atoms with Crippen molar-refractivity contribution in [3.63, 3.8) is 0 Å². The number of anilines is 1. The SMILES string of the molecule is Cc1cc(NC(C)C(=O)NC(N)=O)nn1C. The number of carbonyl (C=O) groups excluding carboxylic acids is 2. The maximum Gasteiger partial charge on any atom is 0.318 e. The summed E-state index contributed by atoms with van der Waals surface area (Å²) >= 11 is 0. The minimum atomic E-state index is -0.865. The predicted molar refractivity (Wildman–Crippen MR) is 58.8 cm³/mol. The fourth-order valence-corrected chi connectivity index (χ4v) is 1.15. The molecule has 0 aliphatic carbocycles. The number of primary amides is 1. The summed E-state index contributed by atoms with van der Waals surface area (Å²) in [5.74, 6) is 0.0860.